The summed E-state index contributed by atoms with van der Waals surface area (Å²) in [4.78, 5) is 167. The van der Waals surface area contributed by atoms with Crippen LogP contribution in [0.15, 0.2) is 114 Å². The van der Waals surface area contributed by atoms with Crippen LogP contribution in [0.1, 0.15) is 217 Å². The largest absolute Gasteiger partial charge is 0.351 e. The number of aromatic nitrogens is 4. The number of carbonyl (C=O) groups excluding carboxylic acids is 12. The molecule has 4 aromatic carbocycles. The molecule has 12 rings (SSSR count). The Balaban J connectivity index is 0.000000177. The zero-order chi connectivity index (χ0) is 84.8. The molecule has 0 aliphatic heterocycles. The predicted molar refractivity (Wildman–Crippen MR) is 438 cm³/mol. The number of Topliss-reactive ketones (excluding diaryl/α,β-unsaturated/α-hetero) is 8. The van der Waals surface area contributed by atoms with Crippen molar-refractivity contribution in [3.8, 4) is 12.1 Å². The molecular formula is C90H90BrCl2FN10O12. The first kappa shape index (κ1) is 88.6. The van der Waals surface area contributed by atoms with E-state index in [0.717, 1.165) is 95.1 Å². The molecule has 600 valence electrons. The molecule has 8 atom stereocenters. The van der Waals surface area contributed by atoms with Gasteiger partial charge in [-0.25, -0.2) is 15.0 Å². The first-order chi connectivity index (χ1) is 55.0. The molecule has 4 fully saturated rings. The van der Waals surface area contributed by atoms with Crippen molar-refractivity contribution in [1.82, 2.24) is 41.2 Å². The second-order valence-corrected chi connectivity index (χ2v) is 31.9. The second-order valence-electron chi connectivity index (χ2n) is 30.3. The number of rotatable bonds is 20. The third-order valence-corrected chi connectivity index (χ3v) is 22.3. The molecule has 26 heteroatoms. The molecule has 4 amide bonds. The Labute approximate surface area is 691 Å². The third kappa shape index (κ3) is 21.6. The summed E-state index contributed by atoms with van der Waals surface area (Å²) in [5.41, 5.74) is 16.3. The summed E-state index contributed by atoms with van der Waals surface area (Å²) < 4.78 is 13.7. The Morgan fingerprint density at radius 1 is 0.422 bits per heavy atom. The number of nitrogens with one attached hydrogen (secondary N) is 4. The number of aryl methyl sites for hydroxylation is 12. The number of nitrogens with zero attached hydrogens (tertiary/aromatic N) is 6. The average Bonchev–Trinajstić information content (AvgIpc) is 1.65. The second kappa shape index (κ2) is 39.4. The molecule has 4 aromatic heterocycles. The van der Waals surface area contributed by atoms with Gasteiger partial charge in [0.15, 0.2) is 23.1 Å². The van der Waals surface area contributed by atoms with E-state index in [1.807, 2.05) is 144 Å². The maximum atomic E-state index is 13.3. The molecular weight excluding hydrogens is 1580 g/mol. The van der Waals surface area contributed by atoms with Crippen LogP contribution in [-0.2, 0) is 38.4 Å². The van der Waals surface area contributed by atoms with Crippen molar-refractivity contribution < 1.29 is 61.9 Å². The molecule has 22 nitrogen and oxygen atoms in total. The number of pyridine rings is 4. The smallest absolute Gasteiger partial charge is 0.271 e. The maximum Gasteiger partial charge on any atom is 0.271 e. The lowest BCUT2D eigenvalue weighted by Gasteiger charge is -2.16. The van der Waals surface area contributed by atoms with Gasteiger partial charge >= 0.3 is 0 Å². The summed E-state index contributed by atoms with van der Waals surface area (Å²) in [5, 5.41) is 29.1. The van der Waals surface area contributed by atoms with Crippen molar-refractivity contribution in [2.24, 2.45) is 23.7 Å². The third-order valence-electron chi connectivity index (χ3n) is 21.3. The van der Waals surface area contributed by atoms with E-state index in [-0.39, 0.29) is 132 Å². The summed E-state index contributed by atoms with van der Waals surface area (Å²) in [6.45, 7) is 24.4. The van der Waals surface area contributed by atoms with Gasteiger partial charge in [0.2, 0.25) is 5.95 Å². The van der Waals surface area contributed by atoms with E-state index in [1.165, 1.54) is 48.7 Å². The minimum absolute atomic E-state index is 0.0511. The van der Waals surface area contributed by atoms with E-state index in [1.54, 1.807) is 6.07 Å². The van der Waals surface area contributed by atoms with Crippen molar-refractivity contribution in [2.45, 2.75) is 158 Å². The van der Waals surface area contributed by atoms with Crippen molar-refractivity contribution >= 4 is 109 Å². The van der Waals surface area contributed by atoms with Crippen LogP contribution >= 0.6 is 39.1 Å². The van der Waals surface area contributed by atoms with Crippen LogP contribution in [0.25, 0.3) is 0 Å². The van der Waals surface area contributed by atoms with Crippen LogP contribution in [0.4, 0.5) is 4.39 Å². The Morgan fingerprint density at radius 3 is 1.11 bits per heavy atom. The van der Waals surface area contributed by atoms with Gasteiger partial charge in [-0.3, -0.25) is 62.5 Å². The Kier molecular flexibility index (Phi) is 30.1. The quantitative estimate of drug-likeness (QED) is 0.0407. The molecule has 4 aliphatic rings. The van der Waals surface area contributed by atoms with Gasteiger partial charge in [-0.05, 0) is 240 Å². The standard InChI is InChI=1S/2C23H23N3O3.C22H22BrFN2O3.C22H22Cl2N2O3/c1-13-8-14(2)20(15(3)9-13)21-19(27)11-17(22(21)28)5-7-26-23(29)18-10-16(12-24)4-6-25-18;1-13-9-14(2)20(15(3)10-13)21-19(27)11-16(22(21)28)7-8-25-23(29)18-6-4-5-17(12-24)26-18;1-11-8-12(2)18(13(3)9-11)19-16(27)10-14(21(19)28)6-7-25-22(29)20-15(23)4-5-17(24)26-20;1-11-6-12(2)19(13(3)7-11)20-17(27)8-14(21(20)28)4-5-25-22(29)16-9-15(23)10-18(24)26-16/h4,6,8-10,17,21H,5,7,11H2,1-3H3,(H,26,29);4-6,9-10,16,21H,7-8,11H2,1-3H3,(H,25,29);4-5,8-9,14,19H,6-7,10H2,1-3H3,(H,25,29);6-7,9-10,14,20H,4-5,8H2,1-3H3,(H,25,29). The van der Waals surface area contributed by atoms with Gasteiger partial charge in [0, 0.05) is 91.2 Å². The first-order valence-electron chi connectivity index (χ1n) is 38.1. The summed E-state index contributed by atoms with van der Waals surface area (Å²) in [6.07, 6.45) is 3.73. The van der Waals surface area contributed by atoms with Gasteiger partial charge in [-0.15, -0.1) is 0 Å². The number of amides is 4. The highest BCUT2D eigenvalue weighted by Gasteiger charge is 2.47. The van der Waals surface area contributed by atoms with E-state index in [9.17, 15) is 61.9 Å². The van der Waals surface area contributed by atoms with Crippen molar-refractivity contribution in [1.29, 1.82) is 10.5 Å². The van der Waals surface area contributed by atoms with Crippen molar-refractivity contribution in [2.75, 3.05) is 26.2 Å². The maximum absolute atomic E-state index is 13.3. The Hall–Kier alpha value is -11.3. The molecule has 4 saturated carbocycles. The van der Waals surface area contributed by atoms with Gasteiger partial charge in [-0.1, -0.05) is 100 Å². The number of ketones is 8. The van der Waals surface area contributed by atoms with Crippen LogP contribution in [0.5, 0.6) is 0 Å². The Morgan fingerprint density at radius 2 is 0.767 bits per heavy atom. The van der Waals surface area contributed by atoms with Crippen LogP contribution in [0, 0.1) is 135 Å². The van der Waals surface area contributed by atoms with Gasteiger partial charge in [0.25, 0.3) is 23.6 Å². The monoisotopic (exact) mass is 1670 g/mol. The summed E-state index contributed by atoms with van der Waals surface area (Å²) in [5.74, 6) is -7.49. The van der Waals surface area contributed by atoms with Crippen LogP contribution in [0.2, 0.25) is 10.2 Å². The number of hydrogen-bond acceptors (Lipinski definition) is 18. The van der Waals surface area contributed by atoms with Crippen LogP contribution in [0.3, 0.4) is 0 Å². The molecule has 0 radical (unpaired) electrons. The minimum Gasteiger partial charge on any atom is -0.351 e. The highest BCUT2D eigenvalue weighted by molar-refractivity contribution is 9.10. The van der Waals surface area contributed by atoms with Gasteiger partial charge in [-0.2, -0.15) is 14.9 Å². The SMILES string of the molecule is Cc1cc(C)c(C2C(=O)CC(CCNC(=O)c3cc(C#N)ccn3)C2=O)c(C)c1.Cc1cc(C)c(C2C(=O)CC(CCNC(=O)c3cc(Cl)cc(Cl)n3)C2=O)c(C)c1.Cc1cc(C)c(C2C(=O)CC(CCNC(=O)c3cccc(C#N)n3)C2=O)c(C)c1.Cc1cc(C)c(C2C(=O)CC(CCNC(=O)c3nc(F)ccc3Br)C2=O)c(C)c1. The van der Waals surface area contributed by atoms with Crippen molar-refractivity contribution in [3.05, 3.63) is 253 Å². The molecule has 4 aliphatic carbocycles. The minimum atomic E-state index is -0.749. The molecule has 116 heavy (non-hydrogen) atoms. The molecule has 4 heterocycles. The molecule has 0 saturated heterocycles. The lowest BCUT2D eigenvalue weighted by molar-refractivity contribution is -0.126. The molecule has 0 bridgehead atoms. The zero-order valence-electron chi connectivity index (χ0n) is 66.6. The predicted octanol–water partition coefficient (Wildman–Crippen LogP) is 14.2. The normalized spacial score (nSPS) is 18.7. The average molecular weight is 1670 g/mol. The van der Waals surface area contributed by atoms with Crippen LogP contribution < -0.4 is 21.3 Å². The number of benzene rings is 4. The number of nitriles is 2. The van der Waals surface area contributed by atoms with Gasteiger partial charge in [0.1, 0.15) is 86.5 Å². The molecule has 8 aromatic rings. The molecule has 4 N–H and O–H groups in total. The summed E-state index contributed by atoms with van der Waals surface area (Å²) in [6, 6.07) is 32.8. The van der Waals surface area contributed by atoms with Crippen molar-refractivity contribution in [3.63, 3.8) is 0 Å². The Bertz CT molecular complexity index is 5120. The fraction of sp³-hybridized carbons (Fsp3) is 0.356. The molecule has 8 unspecified atom stereocenters. The fourth-order valence-electron chi connectivity index (χ4n) is 16.4. The number of halogens is 4. The lowest BCUT2D eigenvalue weighted by Crippen LogP contribution is -2.28. The first-order valence-corrected chi connectivity index (χ1v) is 39.6. The summed E-state index contributed by atoms with van der Waals surface area (Å²) >= 11 is 14.9. The highest BCUT2D eigenvalue weighted by Crippen LogP contribution is 2.42. The number of hydrogen-bond donors (Lipinski definition) is 4. The van der Waals surface area contributed by atoms with E-state index < -0.39 is 76.9 Å². The topological polar surface area (TPSA) is 352 Å². The van der Waals surface area contributed by atoms with E-state index in [4.69, 9.17) is 33.7 Å². The zero-order valence-corrected chi connectivity index (χ0v) is 69.7. The van der Waals surface area contributed by atoms with E-state index in [2.05, 4.69) is 57.1 Å². The fourth-order valence-corrected chi connectivity index (χ4v) is 17.3. The van der Waals surface area contributed by atoms with E-state index >= 15 is 0 Å². The lowest BCUT2D eigenvalue weighted by atomic mass is 9.86. The summed E-state index contributed by atoms with van der Waals surface area (Å²) in [7, 11) is 0. The van der Waals surface area contributed by atoms with Crippen LogP contribution in [-0.4, -0.2) is 116 Å². The van der Waals surface area contributed by atoms with E-state index in [0.29, 0.717) is 40.7 Å². The van der Waals surface area contributed by atoms with Gasteiger partial charge in [0.05, 0.1) is 11.6 Å². The molecule has 0 spiro atoms. The highest BCUT2D eigenvalue weighted by atomic mass is 79.9. The van der Waals surface area contributed by atoms with Gasteiger partial charge < -0.3 is 21.3 Å². The number of carbonyl (C=O) groups is 12.